The molecule has 1 heterocycles. The van der Waals surface area contributed by atoms with E-state index in [0.29, 0.717) is 31.6 Å². The topological polar surface area (TPSA) is 72.5 Å². The molecule has 2 aliphatic rings. The zero-order valence-corrected chi connectivity index (χ0v) is 15.2. The number of nitrogens with one attached hydrogen (secondary N) is 1. The van der Waals surface area contributed by atoms with Crippen LogP contribution in [0.25, 0.3) is 0 Å². The highest BCUT2D eigenvalue weighted by atomic mass is 79.9. The molecule has 2 rings (SSSR count). The van der Waals surface area contributed by atoms with Crippen LogP contribution in [0.15, 0.2) is 0 Å². The molecule has 0 radical (unpaired) electrons. The van der Waals surface area contributed by atoms with Crippen molar-refractivity contribution < 1.29 is 17.9 Å². The lowest BCUT2D eigenvalue weighted by atomic mass is 9.71. The van der Waals surface area contributed by atoms with Gasteiger partial charge in [-0.3, -0.25) is 0 Å². The maximum atomic E-state index is 12.3. The van der Waals surface area contributed by atoms with Crippen molar-refractivity contribution in [3.63, 3.8) is 0 Å². The Balaban J connectivity index is 1.98. The zero-order chi connectivity index (χ0) is 15.9. The largest absolute Gasteiger partial charge is 0.444 e. The Morgan fingerprint density at radius 1 is 1.33 bits per heavy atom. The van der Waals surface area contributed by atoms with Crippen molar-refractivity contribution in [3.05, 3.63) is 0 Å². The van der Waals surface area contributed by atoms with Crippen molar-refractivity contribution in [2.75, 3.05) is 11.1 Å². The second kappa shape index (κ2) is 5.72. The maximum absolute atomic E-state index is 12.3. The van der Waals surface area contributed by atoms with Gasteiger partial charge in [0.2, 0.25) is 0 Å². The molecule has 7 heteroatoms. The number of carbonyl (C=O) groups is 1. The third-order valence-corrected chi connectivity index (χ3v) is 7.78. The van der Waals surface area contributed by atoms with Gasteiger partial charge in [0.15, 0.2) is 9.84 Å². The number of hydrogen-bond donors (Lipinski definition) is 1. The van der Waals surface area contributed by atoms with Crippen molar-refractivity contribution in [1.82, 2.24) is 5.32 Å². The molecule has 0 aromatic rings. The molecule has 1 spiro atoms. The Hall–Kier alpha value is -0.300. The van der Waals surface area contributed by atoms with Crippen molar-refractivity contribution in [2.24, 2.45) is 5.92 Å². The quantitative estimate of drug-likeness (QED) is 0.746. The van der Waals surface area contributed by atoms with E-state index in [1.165, 1.54) is 0 Å². The van der Waals surface area contributed by atoms with Crippen molar-refractivity contribution in [2.45, 2.75) is 62.8 Å². The van der Waals surface area contributed by atoms with Gasteiger partial charge in [-0.15, -0.1) is 0 Å². The van der Waals surface area contributed by atoms with E-state index >= 15 is 0 Å². The lowest BCUT2D eigenvalue weighted by molar-refractivity contribution is 0.0486. The van der Waals surface area contributed by atoms with Crippen LogP contribution in [-0.4, -0.2) is 42.0 Å². The molecule has 1 aliphatic carbocycles. The average Bonchev–Trinajstić information content (AvgIpc) is 2.26. The van der Waals surface area contributed by atoms with E-state index in [1.807, 2.05) is 20.8 Å². The molecule has 1 aliphatic heterocycles. The fourth-order valence-electron chi connectivity index (χ4n) is 3.31. The van der Waals surface area contributed by atoms with Gasteiger partial charge >= 0.3 is 6.09 Å². The van der Waals surface area contributed by atoms with Gasteiger partial charge in [0, 0.05) is 11.4 Å². The highest BCUT2D eigenvalue weighted by molar-refractivity contribution is 9.09. The first kappa shape index (κ1) is 17.1. The van der Waals surface area contributed by atoms with Gasteiger partial charge in [-0.05, 0) is 52.4 Å². The first-order valence-corrected chi connectivity index (χ1v) is 10.1. The number of alkyl carbamates (subject to hydrolysis) is 1. The van der Waals surface area contributed by atoms with Gasteiger partial charge in [-0.2, -0.15) is 0 Å². The molecule has 1 unspecified atom stereocenters. The smallest absolute Gasteiger partial charge is 0.407 e. The molecule has 1 saturated carbocycles. The van der Waals surface area contributed by atoms with Gasteiger partial charge in [0.05, 0.1) is 10.5 Å². The Labute approximate surface area is 135 Å². The molecule has 1 saturated heterocycles. The van der Waals surface area contributed by atoms with Crippen LogP contribution in [-0.2, 0) is 14.6 Å². The highest BCUT2D eigenvalue weighted by Gasteiger charge is 2.56. The maximum Gasteiger partial charge on any atom is 0.407 e. The summed E-state index contributed by atoms with van der Waals surface area (Å²) < 4.78 is 29.3. The Morgan fingerprint density at radius 2 is 1.95 bits per heavy atom. The zero-order valence-electron chi connectivity index (χ0n) is 12.8. The van der Waals surface area contributed by atoms with E-state index in [1.54, 1.807) is 0 Å². The van der Waals surface area contributed by atoms with E-state index in [2.05, 4.69) is 21.2 Å². The van der Waals surface area contributed by atoms with Crippen molar-refractivity contribution in [3.8, 4) is 0 Å². The highest BCUT2D eigenvalue weighted by Crippen LogP contribution is 2.50. The normalized spacial score (nSPS) is 35.0. The molecule has 0 aromatic heterocycles. The molecular formula is C14H24BrNO4S. The molecular weight excluding hydrogens is 358 g/mol. The van der Waals surface area contributed by atoms with Crippen LogP contribution in [0.2, 0.25) is 0 Å². The van der Waals surface area contributed by atoms with E-state index in [-0.39, 0.29) is 11.8 Å². The van der Waals surface area contributed by atoms with Gasteiger partial charge < -0.3 is 10.1 Å². The van der Waals surface area contributed by atoms with Gasteiger partial charge in [0.1, 0.15) is 5.60 Å². The summed E-state index contributed by atoms with van der Waals surface area (Å²) in [6, 6.07) is -0.111. The molecule has 21 heavy (non-hydrogen) atoms. The molecule has 1 N–H and O–H groups in total. The van der Waals surface area contributed by atoms with Crippen molar-refractivity contribution >= 4 is 31.9 Å². The number of hydrogen-bond acceptors (Lipinski definition) is 4. The summed E-state index contributed by atoms with van der Waals surface area (Å²) in [6.07, 6.45) is 1.93. The predicted octanol–water partition coefficient (Wildman–Crippen LogP) is 2.63. The minimum absolute atomic E-state index is 0.111. The van der Waals surface area contributed by atoms with E-state index < -0.39 is 26.3 Å². The van der Waals surface area contributed by atoms with Crippen LogP contribution >= 0.6 is 15.9 Å². The molecule has 1 atom stereocenters. The van der Waals surface area contributed by atoms with E-state index in [9.17, 15) is 13.2 Å². The number of carbonyl (C=O) groups excluding carboxylic acids is 1. The molecule has 122 valence electrons. The predicted molar refractivity (Wildman–Crippen MR) is 85.4 cm³/mol. The third-order valence-electron chi connectivity index (χ3n) is 4.27. The summed E-state index contributed by atoms with van der Waals surface area (Å²) in [5.41, 5.74) is -0.542. The van der Waals surface area contributed by atoms with Gasteiger partial charge in [0.25, 0.3) is 0 Å². The lowest BCUT2D eigenvalue weighted by Gasteiger charge is -2.50. The Kier molecular flexibility index (Phi) is 4.65. The first-order valence-electron chi connectivity index (χ1n) is 7.35. The van der Waals surface area contributed by atoms with Crippen molar-refractivity contribution in [1.29, 1.82) is 0 Å². The molecule has 1 amide bonds. The van der Waals surface area contributed by atoms with Gasteiger partial charge in [-0.25, -0.2) is 13.2 Å². The number of ether oxygens (including phenoxy) is 1. The average molecular weight is 382 g/mol. The SMILES string of the molecule is CC(C)(C)OC(=O)NC1CCS(=O)(=O)C2(CC(CBr)C2)C1. The molecule has 0 bridgehead atoms. The number of rotatable bonds is 2. The summed E-state index contributed by atoms with van der Waals surface area (Å²) in [4.78, 5) is 11.8. The fraction of sp³-hybridized carbons (Fsp3) is 0.929. The van der Waals surface area contributed by atoms with Gasteiger partial charge in [-0.1, -0.05) is 15.9 Å². The second-order valence-electron chi connectivity index (χ2n) is 7.27. The minimum Gasteiger partial charge on any atom is -0.444 e. The lowest BCUT2D eigenvalue weighted by Crippen LogP contribution is -2.59. The summed E-state index contributed by atoms with van der Waals surface area (Å²) in [5, 5.41) is 3.67. The summed E-state index contributed by atoms with van der Waals surface area (Å²) in [6.45, 7) is 5.43. The monoisotopic (exact) mass is 381 g/mol. The van der Waals surface area contributed by atoms with Crippen LogP contribution in [0.1, 0.15) is 46.5 Å². The first-order chi connectivity index (χ1) is 9.57. The molecule has 5 nitrogen and oxygen atoms in total. The number of sulfone groups is 1. The second-order valence-corrected chi connectivity index (χ2v) is 10.4. The molecule has 0 aromatic carbocycles. The van der Waals surface area contributed by atoms with Crippen LogP contribution in [0.5, 0.6) is 0 Å². The number of amides is 1. The standard InChI is InChI=1S/C14H24BrNO4S/c1-13(2,3)20-12(17)16-11-4-5-21(18,19)14(8-11)6-10(7-14)9-15/h10-11H,4-9H2,1-3H3,(H,16,17). The number of alkyl halides is 1. The van der Waals surface area contributed by atoms with Crippen LogP contribution in [0.4, 0.5) is 4.79 Å². The Morgan fingerprint density at radius 3 is 2.48 bits per heavy atom. The summed E-state index contributed by atoms with van der Waals surface area (Å²) >= 11 is 3.42. The summed E-state index contributed by atoms with van der Waals surface area (Å²) in [5.74, 6) is 0.586. The van der Waals surface area contributed by atoms with Crippen LogP contribution < -0.4 is 5.32 Å². The minimum atomic E-state index is -3.05. The van der Waals surface area contributed by atoms with E-state index in [4.69, 9.17) is 4.74 Å². The molecule has 2 fully saturated rings. The van der Waals surface area contributed by atoms with Crippen LogP contribution in [0.3, 0.4) is 0 Å². The fourth-order valence-corrected chi connectivity index (χ4v) is 6.23. The summed E-state index contributed by atoms with van der Waals surface area (Å²) in [7, 11) is -3.05. The third kappa shape index (κ3) is 3.73. The number of halogens is 1. The van der Waals surface area contributed by atoms with E-state index in [0.717, 1.165) is 5.33 Å². The Bertz CT molecular complexity index is 506. The van der Waals surface area contributed by atoms with Crippen LogP contribution in [0, 0.1) is 5.92 Å².